The number of hydrogen-bond donors (Lipinski definition) is 0. The van der Waals surface area contributed by atoms with E-state index in [2.05, 4.69) is 19.9 Å². The van der Waals surface area contributed by atoms with E-state index in [-0.39, 0.29) is 0 Å². The van der Waals surface area contributed by atoms with Crippen LogP contribution in [0.5, 0.6) is 11.5 Å². The minimum atomic E-state index is 0.317. The standard InChI is InChI=1S/C23H21ClN4O3S/c1-29-17-10-6-15(7-11-17)20-12-18(31-27-20)14-32-23-26-25-22(28(23)16-8-9-16)13-30-21-5-3-2-4-19(21)24/h2-7,10-12,16H,8-9,13-14H2,1H3. The van der Waals surface area contributed by atoms with Gasteiger partial charge < -0.3 is 14.0 Å². The van der Waals surface area contributed by atoms with Crippen LogP contribution in [0.3, 0.4) is 0 Å². The van der Waals surface area contributed by atoms with Crippen LogP contribution >= 0.6 is 23.4 Å². The fourth-order valence-electron chi connectivity index (χ4n) is 3.32. The van der Waals surface area contributed by atoms with Crippen molar-refractivity contribution < 1.29 is 14.0 Å². The molecule has 164 valence electrons. The fraction of sp³-hybridized carbons (Fsp3) is 0.261. The molecule has 7 nitrogen and oxygen atoms in total. The second kappa shape index (κ2) is 9.26. The Hall–Kier alpha value is -2.97. The molecule has 1 saturated carbocycles. The number of thioether (sulfide) groups is 1. The number of halogens is 1. The summed E-state index contributed by atoms with van der Waals surface area (Å²) < 4.78 is 18.8. The predicted octanol–water partition coefficient (Wildman–Crippen LogP) is 5.80. The average Bonchev–Trinajstić information content (AvgIpc) is 3.40. The number of benzene rings is 2. The van der Waals surface area contributed by atoms with Crippen LogP contribution in [-0.2, 0) is 12.4 Å². The van der Waals surface area contributed by atoms with Gasteiger partial charge in [-0.25, -0.2) is 0 Å². The van der Waals surface area contributed by atoms with Gasteiger partial charge in [-0.05, 0) is 49.2 Å². The maximum absolute atomic E-state index is 6.19. The van der Waals surface area contributed by atoms with Crippen molar-refractivity contribution in [3.8, 4) is 22.8 Å². The largest absolute Gasteiger partial charge is 0.497 e. The van der Waals surface area contributed by atoms with Gasteiger partial charge in [0.25, 0.3) is 0 Å². The lowest BCUT2D eigenvalue weighted by molar-refractivity contribution is 0.288. The highest BCUT2D eigenvalue weighted by molar-refractivity contribution is 7.98. The van der Waals surface area contributed by atoms with E-state index in [1.807, 2.05) is 48.5 Å². The van der Waals surface area contributed by atoms with Crippen LogP contribution < -0.4 is 9.47 Å². The minimum Gasteiger partial charge on any atom is -0.497 e. The molecule has 0 spiro atoms. The molecule has 2 heterocycles. The molecule has 1 fully saturated rings. The Morgan fingerprint density at radius 3 is 2.69 bits per heavy atom. The zero-order valence-electron chi connectivity index (χ0n) is 17.4. The van der Waals surface area contributed by atoms with E-state index < -0.39 is 0 Å². The maximum Gasteiger partial charge on any atom is 0.192 e. The van der Waals surface area contributed by atoms with Crippen molar-refractivity contribution in [1.82, 2.24) is 19.9 Å². The van der Waals surface area contributed by atoms with Crippen LogP contribution in [0.1, 0.15) is 30.5 Å². The summed E-state index contributed by atoms with van der Waals surface area (Å²) in [5.41, 5.74) is 1.77. The molecular formula is C23H21ClN4O3S. The topological polar surface area (TPSA) is 75.2 Å². The number of aromatic nitrogens is 4. The molecule has 0 saturated heterocycles. The van der Waals surface area contributed by atoms with Crippen LogP contribution in [0.2, 0.25) is 5.02 Å². The first-order valence-corrected chi connectivity index (χ1v) is 11.6. The number of para-hydroxylation sites is 1. The molecule has 1 aliphatic carbocycles. The molecule has 0 unspecified atom stereocenters. The Balaban J connectivity index is 1.26. The van der Waals surface area contributed by atoms with Gasteiger partial charge in [-0.15, -0.1) is 10.2 Å². The van der Waals surface area contributed by atoms with Crippen molar-refractivity contribution >= 4 is 23.4 Å². The molecule has 1 aliphatic rings. The quantitative estimate of drug-likeness (QED) is 0.287. The van der Waals surface area contributed by atoms with Crippen LogP contribution in [0, 0.1) is 0 Å². The van der Waals surface area contributed by atoms with E-state index in [1.54, 1.807) is 24.9 Å². The molecule has 0 bridgehead atoms. The lowest BCUT2D eigenvalue weighted by Crippen LogP contribution is -2.07. The van der Waals surface area contributed by atoms with Crippen molar-refractivity contribution in [2.75, 3.05) is 7.11 Å². The normalized spacial score (nSPS) is 13.3. The highest BCUT2D eigenvalue weighted by Gasteiger charge is 2.30. The van der Waals surface area contributed by atoms with E-state index in [0.29, 0.717) is 29.2 Å². The van der Waals surface area contributed by atoms with Crippen molar-refractivity contribution in [2.45, 2.75) is 36.4 Å². The second-order valence-corrected chi connectivity index (χ2v) is 8.76. The fourth-order valence-corrected chi connectivity index (χ4v) is 4.41. The third kappa shape index (κ3) is 4.61. The van der Waals surface area contributed by atoms with Gasteiger partial charge in [-0.2, -0.15) is 0 Å². The lowest BCUT2D eigenvalue weighted by atomic mass is 10.1. The molecule has 2 aromatic carbocycles. The van der Waals surface area contributed by atoms with Crippen molar-refractivity contribution in [1.29, 1.82) is 0 Å². The van der Waals surface area contributed by atoms with E-state index in [1.165, 1.54) is 0 Å². The number of nitrogens with zero attached hydrogens (tertiary/aromatic N) is 4. The SMILES string of the molecule is COc1ccc(-c2cc(CSc3nnc(COc4ccccc4Cl)n3C3CC3)on2)cc1. The van der Waals surface area contributed by atoms with Gasteiger partial charge in [-0.1, -0.05) is 40.7 Å². The summed E-state index contributed by atoms with van der Waals surface area (Å²) >= 11 is 7.78. The van der Waals surface area contributed by atoms with Crippen molar-refractivity contribution in [3.63, 3.8) is 0 Å². The Kier molecular flexibility index (Phi) is 6.05. The first kappa shape index (κ1) is 20.9. The minimum absolute atomic E-state index is 0.317. The van der Waals surface area contributed by atoms with Gasteiger partial charge in [0.15, 0.2) is 11.0 Å². The highest BCUT2D eigenvalue weighted by atomic mass is 35.5. The molecule has 9 heteroatoms. The average molecular weight is 469 g/mol. The number of ether oxygens (including phenoxy) is 2. The molecule has 2 aromatic heterocycles. The summed E-state index contributed by atoms with van der Waals surface area (Å²) in [5.74, 6) is 3.63. The van der Waals surface area contributed by atoms with E-state index in [0.717, 1.165) is 46.6 Å². The zero-order valence-corrected chi connectivity index (χ0v) is 19.0. The number of rotatable bonds is 9. The van der Waals surface area contributed by atoms with E-state index >= 15 is 0 Å². The zero-order chi connectivity index (χ0) is 21.9. The third-order valence-corrected chi connectivity index (χ3v) is 6.41. The van der Waals surface area contributed by atoms with E-state index in [9.17, 15) is 0 Å². The van der Waals surface area contributed by atoms with Gasteiger partial charge in [-0.3, -0.25) is 4.57 Å². The molecule has 0 amide bonds. The summed E-state index contributed by atoms with van der Waals surface area (Å²) in [5, 5.41) is 14.4. The second-order valence-electron chi connectivity index (χ2n) is 7.41. The molecule has 32 heavy (non-hydrogen) atoms. The molecule has 5 rings (SSSR count). The van der Waals surface area contributed by atoms with E-state index in [4.69, 9.17) is 25.6 Å². The molecular weight excluding hydrogens is 448 g/mol. The van der Waals surface area contributed by atoms with Crippen molar-refractivity contribution in [2.24, 2.45) is 0 Å². The molecule has 0 radical (unpaired) electrons. The maximum atomic E-state index is 6.19. The van der Waals surface area contributed by atoms with Crippen LogP contribution in [-0.4, -0.2) is 27.0 Å². The van der Waals surface area contributed by atoms with Crippen LogP contribution in [0.15, 0.2) is 64.3 Å². The smallest absolute Gasteiger partial charge is 0.192 e. The summed E-state index contributed by atoms with van der Waals surface area (Å²) in [6.45, 7) is 0.317. The molecule has 0 aliphatic heterocycles. The predicted molar refractivity (Wildman–Crippen MR) is 122 cm³/mol. The van der Waals surface area contributed by atoms with Gasteiger partial charge in [0.2, 0.25) is 0 Å². The third-order valence-electron chi connectivity index (χ3n) is 5.13. The first-order valence-electron chi connectivity index (χ1n) is 10.2. The number of hydrogen-bond acceptors (Lipinski definition) is 7. The summed E-state index contributed by atoms with van der Waals surface area (Å²) in [7, 11) is 1.65. The first-order chi connectivity index (χ1) is 15.7. The summed E-state index contributed by atoms with van der Waals surface area (Å²) in [6, 6.07) is 17.5. The van der Waals surface area contributed by atoms with Crippen molar-refractivity contribution in [3.05, 3.63) is 71.2 Å². The Labute approximate surface area is 194 Å². The van der Waals surface area contributed by atoms with Gasteiger partial charge >= 0.3 is 0 Å². The summed E-state index contributed by atoms with van der Waals surface area (Å²) in [4.78, 5) is 0. The Bertz CT molecular complexity index is 1200. The summed E-state index contributed by atoms with van der Waals surface area (Å²) in [6.07, 6.45) is 2.24. The monoisotopic (exact) mass is 468 g/mol. The van der Waals surface area contributed by atoms with Gasteiger partial charge in [0.1, 0.15) is 29.6 Å². The van der Waals surface area contributed by atoms with Gasteiger partial charge in [0, 0.05) is 17.7 Å². The Morgan fingerprint density at radius 2 is 1.94 bits per heavy atom. The van der Waals surface area contributed by atoms with Crippen LogP contribution in [0.4, 0.5) is 0 Å². The molecule has 4 aromatic rings. The number of methoxy groups -OCH3 is 1. The van der Waals surface area contributed by atoms with Crippen LogP contribution in [0.25, 0.3) is 11.3 Å². The highest BCUT2D eigenvalue weighted by Crippen LogP contribution is 2.39. The van der Waals surface area contributed by atoms with Gasteiger partial charge in [0.05, 0.1) is 17.9 Å². The molecule has 0 atom stereocenters. The molecule has 0 N–H and O–H groups in total. The lowest BCUT2D eigenvalue weighted by Gasteiger charge is -2.10. The Morgan fingerprint density at radius 1 is 1.12 bits per heavy atom.